The number of nitrogens with one attached hydrogen (secondary N) is 1. The number of allylic oxidation sites excluding steroid dienone is 1. The number of pyridine rings is 1. The third kappa shape index (κ3) is 5.31. The van der Waals surface area contributed by atoms with Crippen molar-refractivity contribution in [2.24, 2.45) is 0 Å². The van der Waals surface area contributed by atoms with Crippen LogP contribution in [0.2, 0.25) is 0 Å². The zero-order valence-electron chi connectivity index (χ0n) is 16.1. The van der Waals surface area contributed by atoms with E-state index in [1.165, 1.54) is 25.8 Å². The molecule has 0 radical (unpaired) electrons. The molecule has 0 aliphatic rings. The van der Waals surface area contributed by atoms with Crippen molar-refractivity contribution < 1.29 is 28.3 Å². The fourth-order valence-corrected chi connectivity index (χ4v) is 2.72. The summed E-state index contributed by atoms with van der Waals surface area (Å²) in [5.41, 5.74) is 0.605. The molecule has 3 rings (SSSR count). The highest BCUT2D eigenvalue weighted by Crippen LogP contribution is 2.30. The Morgan fingerprint density at radius 2 is 2.13 bits per heavy atom. The van der Waals surface area contributed by atoms with Gasteiger partial charge in [0.2, 0.25) is 17.6 Å². The molecule has 1 atom stereocenters. The quantitative estimate of drug-likeness (QED) is 0.377. The predicted octanol–water partition coefficient (Wildman–Crippen LogP) is 3.65. The maximum Gasteiger partial charge on any atom is 0.405 e. The van der Waals surface area contributed by atoms with E-state index in [9.17, 15) is 9.59 Å². The minimum absolute atomic E-state index is 0.0759. The predicted molar refractivity (Wildman–Crippen MR) is 104 cm³/mol. The highest BCUT2D eigenvalue weighted by Gasteiger charge is 2.20. The van der Waals surface area contributed by atoms with Crippen LogP contribution in [0, 0.1) is 0 Å². The summed E-state index contributed by atoms with van der Waals surface area (Å²) >= 11 is 0. The van der Waals surface area contributed by atoms with Crippen LogP contribution in [0.5, 0.6) is 5.88 Å². The summed E-state index contributed by atoms with van der Waals surface area (Å²) in [4.78, 5) is 35.1. The topological polar surface area (TPSA) is 141 Å². The van der Waals surface area contributed by atoms with Crippen molar-refractivity contribution in [1.82, 2.24) is 20.3 Å². The minimum atomic E-state index is -1.20. The lowest BCUT2D eigenvalue weighted by atomic mass is 10.1. The SMILES string of the molecule is COc1ncccc1-c1cnc(C(CC=CCCC(=O)c2ncco2)NC(=O)O)o1. The summed E-state index contributed by atoms with van der Waals surface area (Å²) < 4.78 is 15.9. The maximum atomic E-state index is 11.8. The highest BCUT2D eigenvalue weighted by molar-refractivity contribution is 5.91. The standard InChI is InChI=1S/C20H20N4O6/c1-28-17-13(6-5-9-21-17)16-12-23-18(30-16)14(24-20(26)27)7-3-2-4-8-15(25)19-22-10-11-29-19/h2-3,5-6,9-12,14,24H,4,7-8H2,1H3,(H,26,27). The van der Waals surface area contributed by atoms with Crippen molar-refractivity contribution in [3.8, 4) is 17.2 Å². The Hall–Kier alpha value is -3.95. The molecular formula is C20H20N4O6. The van der Waals surface area contributed by atoms with Gasteiger partial charge in [0.15, 0.2) is 5.76 Å². The Labute approximate surface area is 171 Å². The molecule has 3 heterocycles. The number of nitrogens with zero attached hydrogens (tertiary/aromatic N) is 3. The van der Waals surface area contributed by atoms with Crippen molar-refractivity contribution in [3.05, 3.63) is 60.9 Å². The first-order valence-electron chi connectivity index (χ1n) is 9.10. The number of hydrogen-bond acceptors (Lipinski definition) is 8. The summed E-state index contributed by atoms with van der Waals surface area (Å²) in [5, 5.41) is 11.5. The molecule has 0 bridgehead atoms. The number of ether oxygens (including phenoxy) is 1. The van der Waals surface area contributed by atoms with E-state index >= 15 is 0 Å². The molecule has 3 aromatic rings. The number of hydrogen-bond donors (Lipinski definition) is 2. The average molecular weight is 412 g/mol. The van der Waals surface area contributed by atoms with Gasteiger partial charge in [0.05, 0.1) is 25.1 Å². The van der Waals surface area contributed by atoms with Crippen LogP contribution in [0.1, 0.15) is 41.9 Å². The zero-order valence-corrected chi connectivity index (χ0v) is 16.1. The molecule has 0 aliphatic carbocycles. The van der Waals surface area contributed by atoms with Crippen molar-refractivity contribution in [1.29, 1.82) is 0 Å². The van der Waals surface area contributed by atoms with E-state index < -0.39 is 12.1 Å². The molecule has 2 N–H and O–H groups in total. The number of amides is 1. The number of aromatic nitrogens is 3. The molecule has 0 spiro atoms. The van der Waals surface area contributed by atoms with Gasteiger partial charge in [-0.3, -0.25) is 4.79 Å². The maximum absolute atomic E-state index is 11.8. The van der Waals surface area contributed by atoms with Crippen LogP contribution < -0.4 is 10.1 Å². The zero-order chi connectivity index (χ0) is 21.3. The molecule has 156 valence electrons. The lowest BCUT2D eigenvalue weighted by molar-refractivity contribution is 0.0950. The third-order valence-corrected chi connectivity index (χ3v) is 4.10. The van der Waals surface area contributed by atoms with E-state index in [1.807, 2.05) is 0 Å². The van der Waals surface area contributed by atoms with Gasteiger partial charge in [-0.25, -0.2) is 19.7 Å². The molecular weight excluding hydrogens is 392 g/mol. The van der Waals surface area contributed by atoms with Gasteiger partial charge < -0.3 is 24.0 Å². The van der Waals surface area contributed by atoms with Gasteiger partial charge in [-0.15, -0.1) is 0 Å². The van der Waals surface area contributed by atoms with Crippen molar-refractivity contribution in [2.45, 2.75) is 25.3 Å². The third-order valence-electron chi connectivity index (χ3n) is 4.10. The molecule has 10 heteroatoms. The van der Waals surface area contributed by atoms with Crippen LogP contribution in [-0.4, -0.2) is 39.0 Å². The first kappa shape index (κ1) is 20.8. The lowest BCUT2D eigenvalue weighted by Crippen LogP contribution is -2.26. The van der Waals surface area contributed by atoms with Gasteiger partial charge in [-0.2, -0.15) is 0 Å². The first-order valence-corrected chi connectivity index (χ1v) is 9.10. The molecule has 0 aromatic carbocycles. The smallest absolute Gasteiger partial charge is 0.405 e. The second kappa shape index (κ2) is 10.0. The van der Waals surface area contributed by atoms with Crippen molar-refractivity contribution in [3.63, 3.8) is 0 Å². The van der Waals surface area contributed by atoms with E-state index in [0.717, 1.165) is 0 Å². The van der Waals surface area contributed by atoms with Gasteiger partial charge >= 0.3 is 6.09 Å². The van der Waals surface area contributed by atoms with Gasteiger partial charge in [0.1, 0.15) is 12.3 Å². The summed E-state index contributed by atoms with van der Waals surface area (Å²) in [6.45, 7) is 0. The number of oxazole rings is 2. The lowest BCUT2D eigenvalue weighted by Gasteiger charge is -2.11. The van der Waals surface area contributed by atoms with Gasteiger partial charge in [-0.1, -0.05) is 12.2 Å². The average Bonchev–Trinajstić information content (AvgIpc) is 3.44. The van der Waals surface area contributed by atoms with Crippen LogP contribution in [0.15, 0.2) is 58.0 Å². The number of carbonyl (C=O) groups excluding carboxylic acids is 1. The summed E-state index contributed by atoms with van der Waals surface area (Å²) in [7, 11) is 1.50. The van der Waals surface area contributed by atoms with Crippen LogP contribution in [0.3, 0.4) is 0 Å². The molecule has 0 fully saturated rings. The molecule has 3 aromatic heterocycles. The van der Waals surface area contributed by atoms with E-state index in [1.54, 1.807) is 30.5 Å². The minimum Gasteiger partial charge on any atom is -0.480 e. The Morgan fingerprint density at radius 3 is 2.87 bits per heavy atom. The van der Waals surface area contributed by atoms with E-state index in [4.69, 9.17) is 18.7 Å². The van der Waals surface area contributed by atoms with Gasteiger partial charge in [0, 0.05) is 12.6 Å². The van der Waals surface area contributed by atoms with E-state index in [-0.39, 0.29) is 24.0 Å². The van der Waals surface area contributed by atoms with Crippen LogP contribution in [0.25, 0.3) is 11.3 Å². The first-order chi connectivity index (χ1) is 14.6. The Kier molecular flexibility index (Phi) is 6.93. The number of carboxylic acid groups (broad SMARTS) is 1. The van der Waals surface area contributed by atoms with Crippen LogP contribution in [-0.2, 0) is 0 Å². The van der Waals surface area contributed by atoms with E-state index in [2.05, 4.69) is 20.3 Å². The molecule has 10 nitrogen and oxygen atoms in total. The molecule has 1 unspecified atom stereocenters. The van der Waals surface area contributed by atoms with Crippen LogP contribution >= 0.6 is 0 Å². The molecule has 30 heavy (non-hydrogen) atoms. The van der Waals surface area contributed by atoms with Crippen molar-refractivity contribution in [2.75, 3.05) is 7.11 Å². The molecule has 0 aliphatic heterocycles. The van der Waals surface area contributed by atoms with Gasteiger partial charge in [0.25, 0.3) is 5.89 Å². The molecule has 0 saturated carbocycles. The van der Waals surface area contributed by atoms with E-state index in [0.29, 0.717) is 30.0 Å². The van der Waals surface area contributed by atoms with Crippen molar-refractivity contribution >= 4 is 11.9 Å². The normalized spacial score (nSPS) is 12.0. The summed E-state index contributed by atoms with van der Waals surface area (Å²) in [6.07, 6.45) is 9.17. The highest BCUT2D eigenvalue weighted by atomic mass is 16.5. The number of ketones is 1. The summed E-state index contributed by atoms with van der Waals surface area (Å²) in [5.74, 6) is 0.865. The Balaban J connectivity index is 1.64. The van der Waals surface area contributed by atoms with Gasteiger partial charge in [-0.05, 0) is 25.0 Å². The number of carbonyl (C=O) groups is 2. The summed E-state index contributed by atoms with van der Waals surface area (Å²) in [6, 6.07) is 2.80. The molecule has 0 saturated heterocycles. The monoisotopic (exact) mass is 412 g/mol. The number of Topliss-reactive ketones (excluding diaryl/α,β-unsaturated/α-hetero) is 1. The molecule has 1 amide bonds. The van der Waals surface area contributed by atoms with Crippen LogP contribution in [0.4, 0.5) is 4.79 Å². The number of methoxy groups -OCH3 is 1. The fraction of sp³-hybridized carbons (Fsp3) is 0.250. The second-order valence-electron chi connectivity index (χ2n) is 6.13. The largest absolute Gasteiger partial charge is 0.480 e. The second-order valence-corrected chi connectivity index (χ2v) is 6.13. The number of rotatable bonds is 10. The Morgan fingerprint density at radius 1 is 1.27 bits per heavy atom. The Bertz CT molecular complexity index is 1010. The fourth-order valence-electron chi connectivity index (χ4n) is 2.72.